The molecule has 38 heavy (non-hydrogen) atoms. The highest BCUT2D eigenvalue weighted by atomic mass is 35.5. The molecule has 0 atom stereocenters. The predicted molar refractivity (Wildman–Crippen MR) is 128 cm³/mol. The molecule has 0 aliphatic carbocycles. The normalized spacial score (nSPS) is 14.9. The van der Waals surface area contributed by atoms with E-state index in [1.165, 1.54) is 4.90 Å². The average molecular weight is 608 g/mol. The minimum atomic E-state index is -6.19. The zero-order valence-corrected chi connectivity index (χ0v) is 22.1. The van der Waals surface area contributed by atoms with Gasteiger partial charge in [-0.1, -0.05) is 35.3 Å². The number of benzene rings is 1. The molecule has 2 heterocycles. The van der Waals surface area contributed by atoms with Crippen LogP contribution in [0.3, 0.4) is 0 Å². The van der Waals surface area contributed by atoms with Crippen LogP contribution < -0.4 is 5.32 Å². The van der Waals surface area contributed by atoms with Crippen LogP contribution in [0.25, 0.3) is 10.4 Å². The van der Waals surface area contributed by atoms with E-state index in [2.05, 4.69) is 10.3 Å². The van der Waals surface area contributed by atoms with Gasteiger partial charge in [0.05, 0.1) is 40.7 Å². The Morgan fingerprint density at radius 3 is 2.16 bits per heavy atom. The first-order valence-corrected chi connectivity index (χ1v) is 12.6. The maximum absolute atomic E-state index is 13.4. The zero-order valence-electron chi connectivity index (χ0n) is 19.8. The van der Waals surface area contributed by atoms with Crippen molar-refractivity contribution in [3.8, 4) is 10.4 Å². The standard InChI is InChI=1S/C22H21Cl2F6N3O4S/c1-3-33(4-2)19(35)16-17(38-18(32-16)13(34)7-31-10-8-37-9-10)11-5-6-12(15(24)14(11)23)20(36,21(25,26)27)22(28,29)30/h5-6,10,31,36H,3-4,7-9H2,1-2H3. The number of Topliss-reactive ketones (excluding diaryl/α,β-unsaturated/α-hetero) is 1. The Labute approximate surface area is 226 Å². The molecule has 2 N–H and O–H groups in total. The molecular formula is C22H21Cl2F6N3O4S. The Balaban J connectivity index is 2.14. The summed E-state index contributed by atoms with van der Waals surface area (Å²) in [6.45, 7) is 4.51. The number of amides is 1. The Morgan fingerprint density at radius 1 is 1.11 bits per heavy atom. The lowest BCUT2D eigenvalue weighted by Crippen LogP contribution is -2.54. The van der Waals surface area contributed by atoms with Gasteiger partial charge in [0.25, 0.3) is 11.5 Å². The van der Waals surface area contributed by atoms with Crippen molar-refractivity contribution in [1.82, 2.24) is 15.2 Å². The van der Waals surface area contributed by atoms with Crippen LogP contribution >= 0.6 is 34.5 Å². The number of alkyl halides is 6. The number of carbonyl (C=O) groups is 2. The Bertz CT molecular complexity index is 1200. The van der Waals surface area contributed by atoms with E-state index in [1.54, 1.807) is 13.8 Å². The smallest absolute Gasteiger partial charge is 0.378 e. The second kappa shape index (κ2) is 11.3. The maximum atomic E-state index is 13.4. The van der Waals surface area contributed by atoms with Crippen molar-refractivity contribution in [3.05, 3.63) is 38.4 Å². The molecule has 1 aliphatic rings. The first kappa shape index (κ1) is 30.6. The summed E-state index contributed by atoms with van der Waals surface area (Å²) >= 11 is 12.7. The van der Waals surface area contributed by atoms with Crippen molar-refractivity contribution in [2.75, 3.05) is 32.8 Å². The number of aromatic nitrogens is 1. The van der Waals surface area contributed by atoms with Gasteiger partial charge in [-0.25, -0.2) is 4.98 Å². The largest absolute Gasteiger partial charge is 0.430 e. The van der Waals surface area contributed by atoms with Crippen LogP contribution in [0, 0.1) is 0 Å². The van der Waals surface area contributed by atoms with E-state index < -0.39 is 45.3 Å². The number of nitrogens with zero attached hydrogens (tertiary/aromatic N) is 2. The van der Waals surface area contributed by atoms with E-state index in [-0.39, 0.29) is 46.8 Å². The molecular weight excluding hydrogens is 587 g/mol. The molecule has 1 aliphatic heterocycles. The number of nitrogens with one attached hydrogen (secondary N) is 1. The number of halogens is 8. The molecule has 1 aromatic heterocycles. The van der Waals surface area contributed by atoms with Crippen LogP contribution in [0.5, 0.6) is 0 Å². The topological polar surface area (TPSA) is 91.8 Å². The molecule has 0 unspecified atom stereocenters. The summed E-state index contributed by atoms with van der Waals surface area (Å²) in [7, 11) is 0. The van der Waals surface area contributed by atoms with E-state index >= 15 is 0 Å². The molecule has 2 aromatic rings. The quantitative estimate of drug-likeness (QED) is 0.305. The van der Waals surface area contributed by atoms with E-state index in [1.807, 2.05) is 0 Å². The summed E-state index contributed by atoms with van der Waals surface area (Å²) in [5.41, 5.74) is -7.57. The second-order valence-electron chi connectivity index (χ2n) is 8.21. The summed E-state index contributed by atoms with van der Waals surface area (Å²) in [6.07, 6.45) is -12.4. The number of hydrogen-bond acceptors (Lipinski definition) is 7. The van der Waals surface area contributed by atoms with E-state index in [9.17, 15) is 41.0 Å². The molecule has 1 saturated heterocycles. The Hall–Kier alpha value is -1.97. The minimum Gasteiger partial charge on any atom is -0.378 e. The average Bonchev–Trinajstić information content (AvgIpc) is 3.23. The third-order valence-corrected chi connectivity index (χ3v) is 7.86. The molecule has 0 saturated carbocycles. The lowest BCUT2D eigenvalue weighted by Gasteiger charge is -2.33. The minimum absolute atomic E-state index is 0.0445. The Morgan fingerprint density at radius 2 is 1.68 bits per heavy atom. The molecule has 1 aromatic carbocycles. The second-order valence-corrected chi connectivity index (χ2v) is 9.96. The van der Waals surface area contributed by atoms with E-state index in [0.717, 1.165) is 6.07 Å². The highest BCUT2D eigenvalue weighted by molar-refractivity contribution is 7.17. The third-order valence-electron chi connectivity index (χ3n) is 5.85. The third kappa shape index (κ3) is 5.52. The fourth-order valence-electron chi connectivity index (χ4n) is 3.56. The fraction of sp³-hybridized carbons (Fsp3) is 0.500. The number of ether oxygens (including phenoxy) is 1. The van der Waals surface area contributed by atoms with Gasteiger partial charge in [0.2, 0.25) is 5.78 Å². The molecule has 3 rings (SSSR count). The van der Waals surface area contributed by atoms with Gasteiger partial charge >= 0.3 is 12.4 Å². The predicted octanol–water partition coefficient (Wildman–Crippen LogP) is 5.08. The van der Waals surface area contributed by atoms with Crippen LogP contribution in [-0.4, -0.2) is 77.9 Å². The molecule has 0 spiro atoms. The van der Waals surface area contributed by atoms with Gasteiger partial charge in [-0.15, -0.1) is 11.3 Å². The van der Waals surface area contributed by atoms with Crippen LogP contribution in [0.4, 0.5) is 26.3 Å². The van der Waals surface area contributed by atoms with E-state index in [4.69, 9.17) is 27.9 Å². The summed E-state index contributed by atoms with van der Waals surface area (Å²) in [4.78, 5) is 31.3. The van der Waals surface area contributed by atoms with E-state index in [0.29, 0.717) is 30.6 Å². The number of hydrogen-bond donors (Lipinski definition) is 2. The SMILES string of the molecule is CCN(CC)C(=O)c1nc(C(=O)CNC2COC2)sc1-c1ccc(C(O)(C(F)(F)F)C(F)(F)F)c(Cl)c1Cl. The molecule has 1 fully saturated rings. The van der Waals surface area contributed by atoms with Gasteiger partial charge in [0.15, 0.2) is 5.01 Å². The number of aliphatic hydroxyl groups is 1. The van der Waals surface area contributed by atoms with Crippen molar-refractivity contribution in [3.63, 3.8) is 0 Å². The van der Waals surface area contributed by atoms with Gasteiger partial charge in [-0.2, -0.15) is 26.3 Å². The Kier molecular flexibility index (Phi) is 9.06. The fourth-order valence-corrected chi connectivity index (χ4v) is 5.21. The first-order chi connectivity index (χ1) is 17.6. The van der Waals surface area contributed by atoms with Gasteiger partial charge < -0.3 is 20.1 Å². The molecule has 16 heteroatoms. The molecule has 7 nitrogen and oxygen atoms in total. The summed E-state index contributed by atoms with van der Waals surface area (Å²) in [5, 5.41) is 10.6. The van der Waals surface area contributed by atoms with Gasteiger partial charge in [-0.3, -0.25) is 9.59 Å². The lowest BCUT2D eigenvalue weighted by molar-refractivity contribution is -0.376. The van der Waals surface area contributed by atoms with Gasteiger partial charge in [0.1, 0.15) is 5.69 Å². The highest BCUT2D eigenvalue weighted by Gasteiger charge is 2.72. The van der Waals surface area contributed by atoms with Crippen molar-refractivity contribution < 1.29 is 45.8 Å². The first-order valence-electron chi connectivity index (χ1n) is 11.1. The van der Waals surface area contributed by atoms with Crippen molar-refractivity contribution in [2.24, 2.45) is 0 Å². The number of ketones is 1. The molecule has 0 bridgehead atoms. The highest BCUT2D eigenvalue weighted by Crippen LogP contribution is 2.54. The molecule has 210 valence electrons. The monoisotopic (exact) mass is 607 g/mol. The summed E-state index contributed by atoms with van der Waals surface area (Å²) < 4.78 is 85.6. The molecule has 0 radical (unpaired) electrons. The summed E-state index contributed by atoms with van der Waals surface area (Å²) in [5.74, 6) is -1.15. The zero-order chi connectivity index (χ0) is 28.6. The van der Waals surface area contributed by atoms with Crippen molar-refractivity contribution in [2.45, 2.75) is 37.8 Å². The van der Waals surface area contributed by atoms with Crippen molar-refractivity contribution in [1.29, 1.82) is 0 Å². The molecule has 1 amide bonds. The number of thiazole rings is 1. The van der Waals surface area contributed by atoms with Gasteiger partial charge in [-0.05, 0) is 13.8 Å². The lowest BCUT2D eigenvalue weighted by atomic mass is 9.91. The van der Waals surface area contributed by atoms with Crippen LogP contribution in [0.15, 0.2) is 12.1 Å². The van der Waals surface area contributed by atoms with Gasteiger partial charge in [0, 0.05) is 24.2 Å². The van der Waals surface area contributed by atoms with Crippen LogP contribution in [0.2, 0.25) is 10.0 Å². The van der Waals surface area contributed by atoms with Crippen molar-refractivity contribution >= 4 is 46.2 Å². The van der Waals surface area contributed by atoms with Crippen LogP contribution in [-0.2, 0) is 10.3 Å². The van der Waals surface area contributed by atoms with Crippen LogP contribution in [0.1, 0.15) is 39.7 Å². The number of carbonyl (C=O) groups excluding carboxylic acids is 2. The number of rotatable bonds is 9. The maximum Gasteiger partial charge on any atom is 0.430 e. The summed E-state index contributed by atoms with van der Waals surface area (Å²) in [6, 6.07) is 1.05.